The first-order valence-corrected chi connectivity index (χ1v) is 9.04. The van der Waals surface area contributed by atoms with Crippen molar-refractivity contribution in [2.24, 2.45) is 0 Å². The minimum Gasteiger partial charge on any atom is -0.495 e. The Kier molecular flexibility index (Phi) is 5.64. The smallest absolute Gasteiger partial charge is 0.244 e. The van der Waals surface area contributed by atoms with Crippen LogP contribution in [0.1, 0.15) is 21.5 Å². The molecule has 0 saturated carbocycles. The minimum atomic E-state index is -3.88. The molecule has 0 heterocycles. The molecule has 0 aliphatic carbocycles. The van der Waals surface area contributed by atoms with Crippen molar-refractivity contribution in [3.05, 3.63) is 58.1 Å². The summed E-state index contributed by atoms with van der Waals surface area (Å²) in [4.78, 5) is 12.1. The Morgan fingerprint density at radius 2 is 1.83 bits per heavy atom. The largest absolute Gasteiger partial charge is 0.495 e. The molecule has 128 valence electrons. The number of aryl methyl sites for hydroxylation is 2. The highest BCUT2D eigenvalue weighted by atomic mass is 35.5. The number of carbonyl (C=O) groups is 1. The van der Waals surface area contributed by atoms with Crippen LogP contribution in [-0.2, 0) is 10.0 Å². The molecule has 2 aromatic carbocycles. The Morgan fingerprint density at radius 1 is 1.17 bits per heavy atom. The molecular weight excluding hydrogens is 350 g/mol. The van der Waals surface area contributed by atoms with Crippen LogP contribution in [-0.4, -0.2) is 27.9 Å². The molecule has 0 aromatic heterocycles. The van der Waals surface area contributed by atoms with Crippen molar-refractivity contribution in [1.29, 1.82) is 0 Å². The van der Waals surface area contributed by atoms with Gasteiger partial charge in [-0.1, -0.05) is 23.7 Å². The lowest BCUT2D eigenvalue weighted by molar-refractivity contribution is 0.0997. The Labute approximate surface area is 146 Å². The SMILES string of the molecule is COc1cc(C)c(C)cc1S(=O)(=O)NCC(=O)c1cccc(Cl)c1. The summed E-state index contributed by atoms with van der Waals surface area (Å²) in [5.74, 6) is -0.135. The predicted molar refractivity (Wildman–Crippen MR) is 93.4 cm³/mol. The van der Waals surface area contributed by atoms with Crippen molar-refractivity contribution in [2.75, 3.05) is 13.7 Å². The molecule has 0 aliphatic rings. The van der Waals surface area contributed by atoms with Gasteiger partial charge in [0.05, 0.1) is 13.7 Å². The van der Waals surface area contributed by atoms with Crippen molar-refractivity contribution in [3.63, 3.8) is 0 Å². The monoisotopic (exact) mass is 367 g/mol. The molecule has 5 nitrogen and oxygen atoms in total. The van der Waals surface area contributed by atoms with Crippen LogP contribution in [0.5, 0.6) is 5.75 Å². The molecule has 0 aliphatic heterocycles. The summed E-state index contributed by atoms with van der Waals surface area (Å²) in [6.07, 6.45) is 0. The number of Topliss-reactive ketones (excluding diaryl/α,β-unsaturated/α-hetero) is 1. The highest BCUT2D eigenvalue weighted by Gasteiger charge is 2.21. The zero-order chi connectivity index (χ0) is 17.9. The second kappa shape index (κ2) is 7.34. The Balaban J connectivity index is 2.23. The van der Waals surface area contributed by atoms with E-state index < -0.39 is 10.0 Å². The molecule has 0 unspecified atom stereocenters. The van der Waals surface area contributed by atoms with E-state index in [9.17, 15) is 13.2 Å². The van der Waals surface area contributed by atoms with E-state index >= 15 is 0 Å². The molecule has 0 amide bonds. The average Bonchev–Trinajstić information content (AvgIpc) is 2.54. The second-order valence-corrected chi connectivity index (χ2v) is 7.52. The minimum absolute atomic E-state index is 0.00648. The van der Waals surface area contributed by atoms with E-state index in [0.29, 0.717) is 10.6 Å². The van der Waals surface area contributed by atoms with Crippen LogP contribution in [0.4, 0.5) is 0 Å². The third-order valence-corrected chi connectivity index (χ3v) is 5.30. The highest BCUT2D eigenvalue weighted by Crippen LogP contribution is 2.27. The summed E-state index contributed by atoms with van der Waals surface area (Å²) >= 11 is 5.84. The summed E-state index contributed by atoms with van der Waals surface area (Å²) in [7, 11) is -2.48. The number of rotatable bonds is 6. The number of hydrogen-bond acceptors (Lipinski definition) is 4. The fourth-order valence-electron chi connectivity index (χ4n) is 2.14. The predicted octanol–water partition coefficient (Wildman–Crippen LogP) is 3.13. The quantitative estimate of drug-likeness (QED) is 0.796. The summed E-state index contributed by atoms with van der Waals surface area (Å²) in [6, 6.07) is 9.54. The third-order valence-electron chi connectivity index (χ3n) is 3.64. The first-order valence-electron chi connectivity index (χ1n) is 7.18. The van der Waals surface area contributed by atoms with Crippen molar-refractivity contribution in [1.82, 2.24) is 4.72 Å². The zero-order valence-corrected chi connectivity index (χ0v) is 15.2. The molecule has 1 N–H and O–H groups in total. The Bertz CT molecular complexity index is 878. The van der Waals surface area contributed by atoms with Gasteiger partial charge in [0.1, 0.15) is 10.6 Å². The molecule has 0 bridgehead atoms. The Hall–Kier alpha value is -1.89. The van der Waals surface area contributed by atoms with Gasteiger partial charge >= 0.3 is 0 Å². The molecule has 24 heavy (non-hydrogen) atoms. The Morgan fingerprint density at radius 3 is 2.46 bits per heavy atom. The van der Waals surface area contributed by atoms with Crippen LogP contribution < -0.4 is 9.46 Å². The van der Waals surface area contributed by atoms with Crippen molar-refractivity contribution < 1.29 is 17.9 Å². The normalized spacial score (nSPS) is 11.3. The molecule has 7 heteroatoms. The number of halogens is 1. The number of ketones is 1. The maximum absolute atomic E-state index is 12.5. The standard InChI is InChI=1S/C17H18ClNO4S/c1-11-7-16(23-3)17(8-12(11)2)24(21,22)19-10-15(20)13-5-4-6-14(18)9-13/h4-9,19H,10H2,1-3H3. The summed E-state index contributed by atoms with van der Waals surface area (Å²) in [6.45, 7) is 3.31. The molecule has 0 spiro atoms. The van der Waals surface area contributed by atoms with Gasteiger partial charge in [0.15, 0.2) is 5.78 Å². The van der Waals surface area contributed by atoms with Gasteiger partial charge < -0.3 is 4.74 Å². The van der Waals surface area contributed by atoms with Crippen molar-refractivity contribution >= 4 is 27.4 Å². The number of methoxy groups -OCH3 is 1. The maximum Gasteiger partial charge on any atom is 0.244 e. The lowest BCUT2D eigenvalue weighted by Gasteiger charge is -2.13. The number of nitrogens with one attached hydrogen (secondary N) is 1. The number of sulfonamides is 1. The van der Waals surface area contributed by atoms with Crippen LogP contribution >= 0.6 is 11.6 Å². The van der Waals surface area contributed by atoms with E-state index in [4.69, 9.17) is 16.3 Å². The molecule has 0 saturated heterocycles. The molecule has 2 rings (SSSR count). The lowest BCUT2D eigenvalue weighted by Crippen LogP contribution is -2.30. The van der Waals surface area contributed by atoms with Crippen LogP contribution in [0.25, 0.3) is 0 Å². The summed E-state index contributed by atoms with van der Waals surface area (Å²) in [5.41, 5.74) is 2.08. The van der Waals surface area contributed by atoms with Gasteiger partial charge in [-0.3, -0.25) is 4.79 Å². The fraction of sp³-hybridized carbons (Fsp3) is 0.235. The topological polar surface area (TPSA) is 72.5 Å². The van der Waals surface area contributed by atoms with Crippen molar-refractivity contribution in [2.45, 2.75) is 18.7 Å². The number of hydrogen-bond donors (Lipinski definition) is 1. The maximum atomic E-state index is 12.5. The molecule has 0 radical (unpaired) electrons. The van der Waals surface area contributed by atoms with E-state index in [0.717, 1.165) is 11.1 Å². The summed E-state index contributed by atoms with van der Waals surface area (Å²) in [5, 5.41) is 0.416. The van der Waals surface area contributed by atoms with E-state index in [-0.39, 0.29) is 23.0 Å². The molecule has 0 atom stereocenters. The number of ether oxygens (including phenoxy) is 1. The van der Waals surface area contributed by atoms with Gasteiger partial charge in [-0.15, -0.1) is 0 Å². The molecule has 0 fully saturated rings. The van der Waals surface area contributed by atoms with E-state index in [1.54, 1.807) is 24.3 Å². The first-order chi connectivity index (χ1) is 11.2. The molecular formula is C17H18ClNO4S. The van der Waals surface area contributed by atoms with Gasteiger partial charge in [0, 0.05) is 10.6 Å². The summed E-state index contributed by atoms with van der Waals surface area (Å²) < 4.78 is 32.5. The average molecular weight is 368 g/mol. The third kappa shape index (κ3) is 4.14. The van der Waals surface area contributed by atoms with Gasteiger partial charge in [0.25, 0.3) is 0 Å². The van der Waals surface area contributed by atoms with E-state index in [2.05, 4.69) is 4.72 Å². The van der Waals surface area contributed by atoms with Crippen LogP contribution in [0.3, 0.4) is 0 Å². The fourth-order valence-corrected chi connectivity index (χ4v) is 3.54. The van der Waals surface area contributed by atoms with Crippen LogP contribution in [0.2, 0.25) is 5.02 Å². The lowest BCUT2D eigenvalue weighted by atomic mass is 10.1. The number of benzene rings is 2. The van der Waals surface area contributed by atoms with Gasteiger partial charge in [-0.2, -0.15) is 0 Å². The van der Waals surface area contributed by atoms with Gasteiger partial charge in [-0.25, -0.2) is 13.1 Å². The zero-order valence-electron chi connectivity index (χ0n) is 13.6. The van der Waals surface area contributed by atoms with Crippen LogP contribution in [0.15, 0.2) is 41.3 Å². The van der Waals surface area contributed by atoms with Gasteiger partial charge in [0.2, 0.25) is 10.0 Å². The van der Waals surface area contributed by atoms with Gasteiger partial charge in [-0.05, 0) is 49.2 Å². The molecule has 2 aromatic rings. The van der Waals surface area contributed by atoms with E-state index in [1.807, 2.05) is 13.8 Å². The highest BCUT2D eigenvalue weighted by molar-refractivity contribution is 7.89. The van der Waals surface area contributed by atoms with Crippen LogP contribution in [0, 0.1) is 13.8 Å². The number of carbonyl (C=O) groups excluding carboxylic acids is 1. The first kappa shape index (κ1) is 18.4. The van der Waals surface area contributed by atoms with E-state index in [1.165, 1.54) is 19.2 Å². The van der Waals surface area contributed by atoms with Crippen molar-refractivity contribution in [3.8, 4) is 5.75 Å². The second-order valence-electron chi connectivity index (χ2n) is 5.35.